The maximum absolute atomic E-state index is 12.2. The Balaban J connectivity index is 1.33. The number of para-hydroxylation sites is 1. The maximum Gasteiger partial charge on any atom is 0.409 e. The molecule has 1 amide bonds. The Hall–Kier alpha value is -2.28. The predicted octanol–water partition coefficient (Wildman–Crippen LogP) is 2.95. The molecule has 0 spiro atoms. The van der Waals surface area contributed by atoms with Crippen LogP contribution in [0.15, 0.2) is 24.5 Å². The maximum atomic E-state index is 12.2. The Morgan fingerprint density at radius 3 is 2.74 bits per heavy atom. The number of nitrogen functional groups attached to an aromatic ring is 1. The molecule has 0 aliphatic carbocycles. The lowest BCUT2D eigenvalue weighted by atomic mass is 10.2. The van der Waals surface area contributed by atoms with Gasteiger partial charge < -0.3 is 19.9 Å². The van der Waals surface area contributed by atoms with E-state index in [2.05, 4.69) is 21.4 Å². The van der Waals surface area contributed by atoms with Gasteiger partial charge in [0.15, 0.2) is 0 Å². The Kier molecular flexibility index (Phi) is 6.92. The smallest absolute Gasteiger partial charge is 0.409 e. The Labute approximate surface area is 161 Å². The molecule has 1 saturated heterocycles. The molecule has 2 N–H and O–H groups in total. The van der Waals surface area contributed by atoms with Crippen molar-refractivity contribution in [2.45, 2.75) is 39.2 Å². The fourth-order valence-corrected chi connectivity index (χ4v) is 3.46. The van der Waals surface area contributed by atoms with Gasteiger partial charge in [-0.2, -0.15) is 0 Å². The number of carbonyl (C=O) groups excluding carboxylic acids is 1. The minimum Gasteiger partial charge on any atom is -0.449 e. The van der Waals surface area contributed by atoms with Gasteiger partial charge >= 0.3 is 6.09 Å². The highest BCUT2D eigenvalue weighted by Gasteiger charge is 2.21. The van der Waals surface area contributed by atoms with Crippen molar-refractivity contribution in [1.82, 2.24) is 19.4 Å². The number of amides is 1. The monoisotopic (exact) mass is 373 g/mol. The van der Waals surface area contributed by atoms with Crippen molar-refractivity contribution in [2.24, 2.45) is 0 Å². The van der Waals surface area contributed by atoms with Gasteiger partial charge in [0.05, 0.1) is 24.1 Å². The molecule has 7 heteroatoms. The number of carbonyl (C=O) groups is 1. The van der Waals surface area contributed by atoms with Gasteiger partial charge in [-0.3, -0.25) is 4.90 Å². The number of nitrogens with two attached hydrogens (primary N) is 1. The SMILES string of the molecule is CCCCN1CCN(C(=O)OCCCCn2cnc3c(N)cccc32)CC1. The molecule has 0 unspecified atom stereocenters. The van der Waals surface area contributed by atoms with E-state index in [0.717, 1.165) is 63.1 Å². The van der Waals surface area contributed by atoms with Gasteiger partial charge in [-0.1, -0.05) is 19.4 Å². The lowest BCUT2D eigenvalue weighted by molar-refractivity contribution is 0.0747. The summed E-state index contributed by atoms with van der Waals surface area (Å²) in [6, 6.07) is 5.83. The largest absolute Gasteiger partial charge is 0.449 e. The van der Waals surface area contributed by atoms with Crippen LogP contribution >= 0.6 is 0 Å². The standard InChI is InChI=1S/C20H31N5O2/c1-2-3-9-23-11-13-24(14-12-23)20(26)27-15-5-4-10-25-16-22-19-17(21)7-6-8-18(19)25/h6-8,16H,2-5,9-15,21H2,1H3. The van der Waals surface area contributed by atoms with Gasteiger partial charge in [-0.25, -0.2) is 9.78 Å². The van der Waals surface area contributed by atoms with Crippen LogP contribution in [-0.4, -0.2) is 64.8 Å². The zero-order valence-electron chi connectivity index (χ0n) is 16.3. The molecule has 0 saturated carbocycles. The summed E-state index contributed by atoms with van der Waals surface area (Å²) in [6.07, 6.45) is 5.85. The number of unbranched alkanes of at least 4 members (excludes halogenated alkanes) is 2. The van der Waals surface area contributed by atoms with Crippen molar-refractivity contribution < 1.29 is 9.53 Å². The summed E-state index contributed by atoms with van der Waals surface area (Å²) in [4.78, 5) is 20.8. The van der Waals surface area contributed by atoms with Crippen molar-refractivity contribution in [3.05, 3.63) is 24.5 Å². The minimum absolute atomic E-state index is 0.175. The Morgan fingerprint density at radius 1 is 1.15 bits per heavy atom. The zero-order chi connectivity index (χ0) is 19.1. The Morgan fingerprint density at radius 2 is 1.96 bits per heavy atom. The van der Waals surface area contributed by atoms with Gasteiger partial charge in [0.2, 0.25) is 0 Å². The van der Waals surface area contributed by atoms with Crippen LogP contribution < -0.4 is 5.73 Å². The van der Waals surface area contributed by atoms with Crippen LogP contribution in [0, 0.1) is 0 Å². The van der Waals surface area contributed by atoms with Crippen molar-refractivity contribution in [2.75, 3.05) is 45.1 Å². The second-order valence-corrected chi connectivity index (χ2v) is 7.16. The third-order valence-corrected chi connectivity index (χ3v) is 5.16. The molecular formula is C20H31N5O2. The number of fused-ring (bicyclic) bond motifs is 1. The van der Waals surface area contributed by atoms with E-state index >= 15 is 0 Å². The number of aryl methyl sites for hydroxylation is 1. The first-order valence-corrected chi connectivity index (χ1v) is 10.0. The number of imidazole rings is 1. The molecule has 2 heterocycles. The molecule has 7 nitrogen and oxygen atoms in total. The topological polar surface area (TPSA) is 76.6 Å². The quantitative estimate of drug-likeness (QED) is 0.569. The van der Waals surface area contributed by atoms with E-state index in [9.17, 15) is 4.79 Å². The number of hydrogen-bond acceptors (Lipinski definition) is 5. The predicted molar refractivity (Wildman–Crippen MR) is 108 cm³/mol. The molecule has 3 rings (SSSR count). The highest BCUT2D eigenvalue weighted by atomic mass is 16.6. The van der Waals surface area contributed by atoms with Gasteiger partial charge in [0.1, 0.15) is 5.52 Å². The van der Waals surface area contributed by atoms with E-state index in [1.807, 2.05) is 29.4 Å². The molecule has 1 aliphatic heterocycles. The number of aromatic nitrogens is 2. The molecule has 2 aromatic rings. The van der Waals surface area contributed by atoms with Gasteiger partial charge in [-0.15, -0.1) is 0 Å². The first-order chi connectivity index (χ1) is 13.2. The van der Waals surface area contributed by atoms with Crippen molar-refractivity contribution in [3.8, 4) is 0 Å². The molecule has 1 aromatic heterocycles. The van der Waals surface area contributed by atoms with E-state index in [0.29, 0.717) is 12.3 Å². The number of rotatable bonds is 8. The van der Waals surface area contributed by atoms with Crippen LogP contribution in [0.25, 0.3) is 11.0 Å². The van der Waals surface area contributed by atoms with Crippen molar-refractivity contribution in [3.63, 3.8) is 0 Å². The molecule has 0 bridgehead atoms. The van der Waals surface area contributed by atoms with Crippen LogP contribution in [0.3, 0.4) is 0 Å². The summed E-state index contributed by atoms with van der Waals surface area (Å²) in [5, 5.41) is 0. The molecule has 1 fully saturated rings. The van der Waals surface area contributed by atoms with Gasteiger partial charge in [0.25, 0.3) is 0 Å². The summed E-state index contributed by atoms with van der Waals surface area (Å²) in [5.41, 5.74) is 8.54. The summed E-state index contributed by atoms with van der Waals surface area (Å²) in [6.45, 7) is 8.08. The summed E-state index contributed by atoms with van der Waals surface area (Å²) < 4.78 is 7.55. The fraction of sp³-hybridized carbons (Fsp3) is 0.600. The second kappa shape index (κ2) is 9.60. The lowest BCUT2D eigenvalue weighted by Crippen LogP contribution is -2.49. The average molecular weight is 374 g/mol. The lowest BCUT2D eigenvalue weighted by Gasteiger charge is -2.34. The van der Waals surface area contributed by atoms with Gasteiger partial charge in [0, 0.05) is 32.7 Å². The van der Waals surface area contributed by atoms with Gasteiger partial charge in [-0.05, 0) is 37.9 Å². The average Bonchev–Trinajstić information content (AvgIpc) is 3.11. The van der Waals surface area contributed by atoms with Crippen LogP contribution in [0.2, 0.25) is 0 Å². The summed E-state index contributed by atoms with van der Waals surface area (Å²) in [5.74, 6) is 0. The minimum atomic E-state index is -0.175. The Bertz CT molecular complexity index is 737. The normalized spacial score (nSPS) is 15.4. The molecule has 27 heavy (non-hydrogen) atoms. The molecule has 148 valence electrons. The number of ether oxygens (including phenoxy) is 1. The molecule has 1 aromatic carbocycles. The van der Waals surface area contributed by atoms with E-state index in [-0.39, 0.29) is 6.09 Å². The van der Waals surface area contributed by atoms with E-state index in [4.69, 9.17) is 10.5 Å². The van der Waals surface area contributed by atoms with Crippen LogP contribution in [0.5, 0.6) is 0 Å². The number of hydrogen-bond donors (Lipinski definition) is 1. The van der Waals surface area contributed by atoms with Crippen LogP contribution in [0.1, 0.15) is 32.6 Å². The highest BCUT2D eigenvalue weighted by Crippen LogP contribution is 2.19. The van der Waals surface area contributed by atoms with E-state index in [1.54, 1.807) is 0 Å². The highest BCUT2D eigenvalue weighted by molar-refractivity contribution is 5.86. The molecule has 1 aliphatic rings. The van der Waals surface area contributed by atoms with Crippen molar-refractivity contribution >= 4 is 22.8 Å². The second-order valence-electron chi connectivity index (χ2n) is 7.16. The van der Waals surface area contributed by atoms with Crippen LogP contribution in [-0.2, 0) is 11.3 Å². The van der Waals surface area contributed by atoms with E-state index < -0.39 is 0 Å². The van der Waals surface area contributed by atoms with E-state index in [1.165, 1.54) is 12.8 Å². The third kappa shape index (κ3) is 5.13. The third-order valence-electron chi connectivity index (χ3n) is 5.16. The number of benzene rings is 1. The summed E-state index contributed by atoms with van der Waals surface area (Å²) >= 11 is 0. The first-order valence-electron chi connectivity index (χ1n) is 10.0. The molecule has 0 atom stereocenters. The zero-order valence-corrected chi connectivity index (χ0v) is 16.3. The fourth-order valence-electron chi connectivity index (χ4n) is 3.46. The molecular weight excluding hydrogens is 342 g/mol. The number of piperazine rings is 1. The number of nitrogens with zero attached hydrogens (tertiary/aromatic N) is 4. The summed E-state index contributed by atoms with van der Waals surface area (Å²) in [7, 11) is 0. The van der Waals surface area contributed by atoms with Crippen molar-refractivity contribution in [1.29, 1.82) is 0 Å². The van der Waals surface area contributed by atoms with Crippen LogP contribution in [0.4, 0.5) is 10.5 Å². The molecule has 0 radical (unpaired) electrons. The number of anilines is 1. The first kappa shape index (κ1) is 19.5.